The Balaban J connectivity index is 0.000000113. The van der Waals surface area contributed by atoms with E-state index in [1.807, 2.05) is 158 Å². The number of aromatic amines is 5. The molecule has 15 heterocycles. The summed E-state index contributed by atoms with van der Waals surface area (Å²) in [5.74, 6) is 3.25. The number of aryl methyl sites for hydroxylation is 2. The van der Waals surface area contributed by atoms with Gasteiger partial charge in [-0.05, 0) is 239 Å². The second kappa shape index (κ2) is 45.4. The number of fused-ring (bicyclic) bond motifs is 5. The predicted octanol–water partition coefficient (Wildman–Crippen LogP) is 20.6. The van der Waals surface area contributed by atoms with Gasteiger partial charge in [0, 0.05) is 206 Å². The number of aromatic nitrogens is 20. The molecule has 0 radical (unpaired) electrons. The van der Waals surface area contributed by atoms with Crippen molar-refractivity contribution in [1.82, 2.24) is 124 Å². The van der Waals surface area contributed by atoms with Gasteiger partial charge in [-0.1, -0.05) is 143 Å². The summed E-state index contributed by atoms with van der Waals surface area (Å²) < 4.78 is 23.8. The van der Waals surface area contributed by atoms with Crippen LogP contribution in [0.15, 0.2) is 269 Å². The highest BCUT2D eigenvalue weighted by molar-refractivity contribution is 5.90. The van der Waals surface area contributed by atoms with E-state index in [2.05, 4.69) is 260 Å². The molecule has 5 aliphatic heterocycles. The van der Waals surface area contributed by atoms with Crippen LogP contribution in [0.3, 0.4) is 0 Å². The zero-order valence-corrected chi connectivity index (χ0v) is 86.3. The Morgan fingerprint density at radius 3 is 0.906 bits per heavy atom. The van der Waals surface area contributed by atoms with Gasteiger partial charge < -0.3 is 24.5 Å². The van der Waals surface area contributed by atoms with Gasteiger partial charge in [-0.2, -0.15) is 51.0 Å². The van der Waals surface area contributed by atoms with Crippen LogP contribution in [-0.4, -0.2) is 217 Å². The molecule has 30 nitrogen and oxygen atoms in total. The molecule has 149 heavy (non-hydrogen) atoms. The number of nitrogens with one attached hydrogen (secondary N) is 5. The molecule has 8 aromatic carbocycles. The smallest absolute Gasteiger partial charge is 0.228 e. The summed E-state index contributed by atoms with van der Waals surface area (Å²) in [5, 5.41) is 63.2. The predicted molar refractivity (Wildman–Crippen MR) is 579 cm³/mol. The van der Waals surface area contributed by atoms with E-state index in [9.17, 15) is 28.4 Å². The number of hydrogen-bond acceptors (Lipinski definition) is 15. The van der Waals surface area contributed by atoms with Crippen molar-refractivity contribution >= 4 is 84.1 Å². The first-order valence-electron chi connectivity index (χ1n) is 53.0. The van der Waals surface area contributed by atoms with Crippen molar-refractivity contribution in [1.29, 1.82) is 0 Å². The standard InChI is InChI=1S/2C25H27N5O.C24H24FN5O.C23H29N5O.C21H27N5O/c2*1-18-11-20(16-29(18)25(31)10-7-19-5-3-2-4-6-19)17-30-24-9-8-21(12-22(24)15-28-30)23-13-26-27-14-23;1-16-7-18(14-29(16)24(31)9-17-3-2-4-22(25)8-17)15-30-23-6-5-19(10-20(23)13-28-30)21-11-26-27-12-21;1-16-9-17(14-27(16)23(29)18-5-3-2-4-6-18)15-28-22-8-7-19(10-20(22)13-26-28)21-11-24-25-12-21;1-14-7-15(12-25(14)20(27)21(2,3)4)13-26-19-6-5-16(8-17(19)11-24-26)18-9-22-23-10-18/h2*2-6,8-9,12-15,18,20H,7,10-11,16-17H2,1H3,(H,26,27);2-6,8,10-13,16,18H,7,9,14-15H2,1H3,(H,26,27);7-8,10-13,16-18H,2-6,9,14-15H2,1H3,(H,24,25);5-6,8-11,14-15H,7,12-13H2,1-4H3,(H,22,23)/t2*18-,20?;16-,18?;16-,17?;14-,15?/m10001/s1. The zero-order valence-electron chi connectivity index (χ0n) is 86.3. The van der Waals surface area contributed by atoms with E-state index in [0.717, 1.165) is 227 Å². The lowest BCUT2D eigenvalue weighted by Crippen LogP contribution is -2.41. The van der Waals surface area contributed by atoms with Crippen LogP contribution in [0.1, 0.15) is 149 Å². The van der Waals surface area contributed by atoms with Crippen LogP contribution >= 0.6 is 0 Å². The fourth-order valence-electron chi connectivity index (χ4n) is 23.4. The molecule has 10 atom stereocenters. The Hall–Kier alpha value is -15.6. The van der Waals surface area contributed by atoms with Gasteiger partial charge in [0.15, 0.2) is 0 Å². The van der Waals surface area contributed by atoms with Crippen molar-refractivity contribution in [3.05, 3.63) is 291 Å². The average Bonchev–Trinajstić information content (AvgIpc) is 1.64. The summed E-state index contributed by atoms with van der Waals surface area (Å²) in [6, 6.07) is 60.0. The molecule has 5 saturated heterocycles. The number of hydrogen-bond donors (Lipinski definition) is 5. The molecule has 24 rings (SSSR count). The number of H-pyrrole nitrogens is 5. The average molecular weight is 2000 g/mol. The van der Waals surface area contributed by atoms with Gasteiger partial charge in [0.05, 0.1) is 96.0 Å². The fourth-order valence-corrected chi connectivity index (χ4v) is 23.4. The minimum Gasteiger partial charge on any atom is -0.340 e. The summed E-state index contributed by atoms with van der Waals surface area (Å²) >= 11 is 0. The van der Waals surface area contributed by atoms with E-state index in [1.165, 1.54) is 42.5 Å². The minimum atomic E-state index is -0.328. The highest BCUT2D eigenvalue weighted by Gasteiger charge is 2.41. The third-order valence-electron chi connectivity index (χ3n) is 31.1. The molecule has 6 fully saturated rings. The number of likely N-dealkylation sites (tertiary alicyclic amines) is 5. The van der Waals surface area contributed by atoms with Gasteiger partial charge in [-0.15, -0.1) is 0 Å². The number of halogens is 1. The number of carbonyl (C=O) groups is 5. The quantitative estimate of drug-likeness (QED) is 0.0375. The minimum absolute atomic E-state index is 0.0516. The van der Waals surface area contributed by atoms with Gasteiger partial charge in [-0.3, -0.25) is 72.9 Å². The van der Waals surface area contributed by atoms with E-state index < -0.39 is 0 Å². The molecule has 0 bridgehead atoms. The largest absolute Gasteiger partial charge is 0.340 e. The van der Waals surface area contributed by atoms with Gasteiger partial charge in [0.25, 0.3) is 0 Å². The molecule has 768 valence electrons. The first kappa shape index (κ1) is 101. The summed E-state index contributed by atoms with van der Waals surface area (Å²) in [4.78, 5) is 74.5. The van der Waals surface area contributed by atoms with Crippen molar-refractivity contribution in [3.8, 4) is 55.6 Å². The van der Waals surface area contributed by atoms with Crippen LogP contribution in [0, 0.1) is 46.7 Å². The van der Waals surface area contributed by atoms with Crippen molar-refractivity contribution in [3.63, 3.8) is 0 Å². The molecule has 5 unspecified atom stereocenters. The van der Waals surface area contributed by atoms with Crippen molar-refractivity contribution in [2.24, 2.45) is 40.9 Å². The van der Waals surface area contributed by atoms with Crippen molar-refractivity contribution < 1.29 is 28.4 Å². The van der Waals surface area contributed by atoms with Crippen LogP contribution in [-0.2, 0) is 76.0 Å². The normalized spacial score (nSPS) is 19.9. The summed E-state index contributed by atoms with van der Waals surface area (Å²) in [6.45, 7) is 24.9. The number of carbonyl (C=O) groups excluding carboxylic acids is 5. The lowest BCUT2D eigenvalue weighted by molar-refractivity contribution is -0.140. The SMILES string of the molecule is C[C@@H]1CC(Cn2ncc3cc(-c4cn[nH]c4)ccc32)CN1C(=O)C(C)(C)C.C[C@@H]1CC(Cn2ncc3cc(-c4cn[nH]c4)ccc32)CN1C(=O)CCc1ccccc1.C[C@H]1CC(Cn2ncc3cc(-c4cn[nH]c4)ccc32)CN1C(=O)C1CCCCC1.C[C@H]1CC(Cn2ncc3cc(-c4cn[nH]c4)ccc32)CN1C(=O)CCc1ccccc1.C[C@H]1CC(Cn2ncc3cc(-c4cn[nH]c4)ccc32)CN1C(=O)Cc1cccc(F)c1. The fraction of sp³-hybridized carbons (Fsp3) is 0.381. The molecule has 6 aliphatic rings. The molecular formula is C118H134FN25O5. The number of benzene rings is 8. The number of nitrogens with zero attached hydrogens (tertiary/aromatic N) is 20. The number of amides is 5. The second-order valence-electron chi connectivity index (χ2n) is 43.1. The molecular weight excluding hydrogens is 1870 g/mol. The van der Waals surface area contributed by atoms with Crippen LogP contribution < -0.4 is 0 Å². The first-order valence-corrected chi connectivity index (χ1v) is 53.0. The van der Waals surface area contributed by atoms with E-state index in [0.29, 0.717) is 66.5 Å². The monoisotopic (exact) mass is 2000 g/mol. The van der Waals surface area contributed by atoms with Gasteiger partial charge in [0.1, 0.15) is 5.82 Å². The Kier molecular flexibility index (Phi) is 30.7. The van der Waals surface area contributed by atoms with Crippen molar-refractivity contribution in [2.75, 3.05) is 32.7 Å². The molecule has 5 N–H and O–H groups in total. The lowest BCUT2D eigenvalue weighted by Gasteiger charge is -2.29. The molecule has 1 saturated carbocycles. The molecule has 0 spiro atoms. The maximum absolute atomic E-state index is 13.4. The first-order chi connectivity index (χ1) is 72.4. The summed E-state index contributed by atoms with van der Waals surface area (Å²) in [7, 11) is 0. The van der Waals surface area contributed by atoms with E-state index >= 15 is 0 Å². The van der Waals surface area contributed by atoms with Crippen LogP contribution in [0.5, 0.6) is 0 Å². The third kappa shape index (κ3) is 23.8. The summed E-state index contributed by atoms with van der Waals surface area (Å²) in [6.07, 6.45) is 42.1. The third-order valence-corrected chi connectivity index (χ3v) is 31.1. The maximum atomic E-state index is 13.4. The highest BCUT2D eigenvalue weighted by Crippen LogP contribution is 2.39. The van der Waals surface area contributed by atoms with Gasteiger partial charge >= 0.3 is 0 Å². The van der Waals surface area contributed by atoms with E-state index in [-0.39, 0.29) is 71.4 Å². The van der Waals surface area contributed by atoms with E-state index in [1.54, 1.807) is 18.3 Å². The topological polar surface area (TPSA) is 334 Å². The van der Waals surface area contributed by atoms with Gasteiger partial charge in [0.2, 0.25) is 29.5 Å². The Morgan fingerprint density at radius 2 is 0.604 bits per heavy atom. The lowest BCUT2D eigenvalue weighted by atomic mass is 9.88. The molecule has 10 aromatic heterocycles. The number of rotatable bonds is 24. The highest BCUT2D eigenvalue weighted by atomic mass is 19.1. The zero-order chi connectivity index (χ0) is 103. The van der Waals surface area contributed by atoms with Crippen molar-refractivity contribution in [2.45, 2.75) is 215 Å². The molecule has 18 aromatic rings. The Bertz CT molecular complexity index is 7360. The molecule has 31 heteroatoms. The summed E-state index contributed by atoms with van der Waals surface area (Å²) in [5.41, 5.74) is 19.5. The van der Waals surface area contributed by atoms with Crippen LogP contribution in [0.4, 0.5) is 4.39 Å². The maximum Gasteiger partial charge on any atom is 0.228 e. The van der Waals surface area contributed by atoms with Crippen LogP contribution in [0.25, 0.3) is 110 Å². The van der Waals surface area contributed by atoms with Gasteiger partial charge in [-0.25, -0.2) is 4.39 Å². The Morgan fingerprint density at radius 1 is 0.315 bits per heavy atom. The van der Waals surface area contributed by atoms with Crippen LogP contribution in [0.2, 0.25) is 0 Å². The van der Waals surface area contributed by atoms with E-state index in [4.69, 9.17) is 0 Å². The second-order valence-corrected chi connectivity index (χ2v) is 43.1. The molecule has 1 aliphatic carbocycles. The Labute approximate surface area is 867 Å². The molecule has 5 amide bonds.